The maximum absolute atomic E-state index is 3.41. The number of thiophene rings is 1. The third-order valence-electron chi connectivity index (χ3n) is 4.38. The minimum atomic E-state index is 0.411. The standard InChI is InChI=1S/C14H22N2S/c1-15-11-14(13-3-2-10-17-13)6-8-16(9-7-14)12-4-5-12/h2-3,10,12,15H,4-9,11H2,1H3. The lowest BCUT2D eigenvalue weighted by Crippen LogP contribution is -2.47. The van der Waals surface area contributed by atoms with E-state index in [2.05, 4.69) is 34.8 Å². The number of hydrogen-bond donors (Lipinski definition) is 1. The zero-order valence-corrected chi connectivity index (χ0v) is 11.4. The molecule has 0 amide bonds. The van der Waals surface area contributed by atoms with E-state index in [1.165, 1.54) is 38.8 Å². The van der Waals surface area contributed by atoms with Crippen LogP contribution in [0, 0.1) is 0 Å². The lowest BCUT2D eigenvalue weighted by atomic mass is 9.77. The van der Waals surface area contributed by atoms with Crippen molar-refractivity contribution in [1.29, 1.82) is 0 Å². The Morgan fingerprint density at radius 2 is 2.18 bits per heavy atom. The van der Waals surface area contributed by atoms with Gasteiger partial charge in [0.15, 0.2) is 0 Å². The number of nitrogens with zero attached hydrogens (tertiary/aromatic N) is 1. The minimum absolute atomic E-state index is 0.411. The Balaban J connectivity index is 1.73. The number of hydrogen-bond acceptors (Lipinski definition) is 3. The van der Waals surface area contributed by atoms with Crippen molar-refractivity contribution in [2.24, 2.45) is 0 Å². The van der Waals surface area contributed by atoms with E-state index in [-0.39, 0.29) is 0 Å². The Hall–Kier alpha value is -0.380. The topological polar surface area (TPSA) is 15.3 Å². The molecule has 1 aliphatic heterocycles. The van der Waals surface area contributed by atoms with Gasteiger partial charge in [0.25, 0.3) is 0 Å². The molecule has 2 nitrogen and oxygen atoms in total. The van der Waals surface area contributed by atoms with Gasteiger partial charge < -0.3 is 10.2 Å². The Labute approximate surface area is 108 Å². The fourth-order valence-corrected chi connectivity index (χ4v) is 4.17. The molecule has 0 aromatic carbocycles. The molecule has 1 N–H and O–H groups in total. The highest BCUT2D eigenvalue weighted by Gasteiger charge is 2.40. The van der Waals surface area contributed by atoms with Gasteiger partial charge in [-0.05, 0) is 57.3 Å². The minimum Gasteiger partial charge on any atom is -0.319 e. The maximum atomic E-state index is 3.41. The van der Waals surface area contributed by atoms with Crippen LogP contribution in [0.25, 0.3) is 0 Å². The molecule has 17 heavy (non-hydrogen) atoms. The first-order valence-electron chi connectivity index (χ1n) is 6.77. The average molecular weight is 250 g/mol. The predicted octanol–water partition coefficient (Wildman–Crippen LogP) is 2.46. The van der Waals surface area contributed by atoms with Gasteiger partial charge in [-0.15, -0.1) is 11.3 Å². The zero-order chi connectivity index (χ0) is 11.7. The second-order valence-electron chi connectivity index (χ2n) is 5.56. The summed E-state index contributed by atoms with van der Waals surface area (Å²) >= 11 is 1.93. The quantitative estimate of drug-likeness (QED) is 0.883. The molecule has 1 aromatic heterocycles. The Bertz CT molecular complexity index is 348. The van der Waals surface area contributed by atoms with Gasteiger partial charge in [0.05, 0.1) is 0 Å². The van der Waals surface area contributed by atoms with Crippen molar-refractivity contribution in [1.82, 2.24) is 10.2 Å². The molecule has 94 valence electrons. The highest BCUT2D eigenvalue weighted by molar-refractivity contribution is 7.10. The fraction of sp³-hybridized carbons (Fsp3) is 0.714. The van der Waals surface area contributed by atoms with Crippen LogP contribution in [0.1, 0.15) is 30.6 Å². The first-order valence-corrected chi connectivity index (χ1v) is 7.65. The second-order valence-corrected chi connectivity index (χ2v) is 6.50. The van der Waals surface area contributed by atoms with Crippen LogP contribution in [0.2, 0.25) is 0 Å². The Kier molecular flexibility index (Phi) is 3.24. The molecular weight excluding hydrogens is 228 g/mol. The molecule has 0 spiro atoms. The maximum Gasteiger partial charge on any atom is 0.0196 e. The summed E-state index contributed by atoms with van der Waals surface area (Å²) in [6, 6.07) is 5.46. The number of likely N-dealkylation sites (tertiary alicyclic amines) is 1. The molecule has 3 heteroatoms. The van der Waals surface area contributed by atoms with Crippen LogP contribution in [0.5, 0.6) is 0 Å². The summed E-state index contributed by atoms with van der Waals surface area (Å²) in [5.74, 6) is 0. The first kappa shape index (κ1) is 11.7. The summed E-state index contributed by atoms with van der Waals surface area (Å²) in [5.41, 5.74) is 0.411. The number of likely N-dealkylation sites (N-methyl/N-ethyl adjacent to an activating group) is 1. The molecule has 1 aromatic rings. The van der Waals surface area contributed by atoms with Gasteiger partial charge in [0, 0.05) is 22.9 Å². The van der Waals surface area contributed by atoms with E-state index in [4.69, 9.17) is 0 Å². The van der Waals surface area contributed by atoms with Crippen LogP contribution in [-0.4, -0.2) is 37.6 Å². The molecule has 2 fully saturated rings. The fourth-order valence-electron chi connectivity index (χ4n) is 3.19. The largest absolute Gasteiger partial charge is 0.319 e. The van der Waals surface area contributed by atoms with Crippen molar-refractivity contribution in [2.45, 2.75) is 37.1 Å². The molecule has 2 aliphatic rings. The van der Waals surface area contributed by atoms with Crippen molar-refractivity contribution >= 4 is 11.3 Å². The number of rotatable bonds is 4. The molecular formula is C14H22N2S. The number of nitrogens with one attached hydrogen (secondary N) is 1. The molecule has 1 aliphatic carbocycles. The van der Waals surface area contributed by atoms with Gasteiger partial charge in [-0.2, -0.15) is 0 Å². The van der Waals surface area contributed by atoms with Crippen molar-refractivity contribution in [2.75, 3.05) is 26.7 Å². The van der Waals surface area contributed by atoms with E-state index in [1.807, 2.05) is 11.3 Å². The Morgan fingerprint density at radius 3 is 2.71 bits per heavy atom. The van der Waals surface area contributed by atoms with Crippen LogP contribution in [0.15, 0.2) is 17.5 Å². The van der Waals surface area contributed by atoms with Gasteiger partial charge in [-0.3, -0.25) is 0 Å². The monoisotopic (exact) mass is 250 g/mol. The van der Waals surface area contributed by atoms with Gasteiger partial charge in [-0.1, -0.05) is 6.07 Å². The van der Waals surface area contributed by atoms with Gasteiger partial charge in [-0.25, -0.2) is 0 Å². The summed E-state index contributed by atoms with van der Waals surface area (Å²) in [6.07, 6.45) is 5.53. The van der Waals surface area contributed by atoms with Crippen LogP contribution in [0.3, 0.4) is 0 Å². The summed E-state index contributed by atoms with van der Waals surface area (Å²) < 4.78 is 0. The lowest BCUT2D eigenvalue weighted by molar-refractivity contribution is 0.152. The smallest absolute Gasteiger partial charge is 0.0196 e. The molecule has 1 saturated heterocycles. The molecule has 0 bridgehead atoms. The molecule has 3 rings (SSSR count). The molecule has 2 heterocycles. The summed E-state index contributed by atoms with van der Waals surface area (Å²) in [6.45, 7) is 3.72. The van der Waals surface area contributed by atoms with Crippen LogP contribution < -0.4 is 5.32 Å². The van der Waals surface area contributed by atoms with E-state index < -0.39 is 0 Å². The summed E-state index contributed by atoms with van der Waals surface area (Å²) in [4.78, 5) is 4.30. The first-order chi connectivity index (χ1) is 8.34. The highest BCUT2D eigenvalue weighted by atomic mass is 32.1. The number of piperidine rings is 1. The van der Waals surface area contributed by atoms with Crippen LogP contribution >= 0.6 is 11.3 Å². The van der Waals surface area contributed by atoms with Crippen molar-refractivity contribution < 1.29 is 0 Å². The predicted molar refractivity (Wildman–Crippen MR) is 73.8 cm³/mol. The Morgan fingerprint density at radius 1 is 1.41 bits per heavy atom. The molecule has 1 saturated carbocycles. The van der Waals surface area contributed by atoms with E-state index >= 15 is 0 Å². The summed E-state index contributed by atoms with van der Waals surface area (Å²) in [5, 5.41) is 5.64. The van der Waals surface area contributed by atoms with Gasteiger partial charge in [0.2, 0.25) is 0 Å². The summed E-state index contributed by atoms with van der Waals surface area (Å²) in [7, 11) is 2.09. The van der Waals surface area contributed by atoms with E-state index in [0.717, 1.165) is 12.6 Å². The SMILES string of the molecule is CNCC1(c2cccs2)CCN(C2CC2)CC1. The van der Waals surface area contributed by atoms with Crippen molar-refractivity contribution in [3.63, 3.8) is 0 Å². The zero-order valence-electron chi connectivity index (χ0n) is 10.6. The van der Waals surface area contributed by atoms with E-state index in [9.17, 15) is 0 Å². The van der Waals surface area contributed by atoms with E-state index in [0.29, 0.717) is 5.41 Å². The highest BCUT2D eigenvalue weighted by Crippen LogP contribution is 2.40. The van der Waals surface area contributed by atoms with E-state index in [1.54, 1.807) is 4.88 Å². The van der Waals surface area contributed by atoms with Crippen LogP contribution in [-0.2, 0) is 5.41 Å². The third-order valence-corrected chi connectivity index (χ3v) is 5.49. The second kappa shape index (κ2) is 4.71. The molecule has 0 atom stereocenters. The third kappa shape index (κ3) is 2.28. The van der Waals surface area contributed by atoms with Crippen LogP contribution in [0.4, 0.5) is 0 Å². The van der Waals surface area contributed by atoms with Crippen molar-refractivity contribution in [3.8, 4) is 0 Å². The average Bonchev–Trinajstić information content (AvgIpc) is 3.05. The molecule has 0 unspecified atom stereocenters. The normalized spacial score (nSPS) is 25.0. The molecule has 0 radical (unpaired) electrons. The lowest BCUT2D eigenvalue weighted by Gasteiger charge is -2.41. The van der Waals surface area contributed by atoms with Gasteiger partial charge in [0.1, 0.15) is 0 Å². The van der Waals surface area contributed by atoms with Gasteiger partial charge >= 0.3 is 0 Å². The van der Waals surface area contributed by atoms with Crippen molar-refractivity contribution in [3.05, 3.63) is 22.4 Å².